The number of rotatable bonds is 4. The SMILES string of the molecule is O=c1ccc2cccc(-n3nc(C4CCCN(Cc5ccccc5F)C4)[nH]c3=O)c2[nH]1. The molecule has 7 nitrogen and oxygen atoms in total. The van der Waals surface area contributed by atoms with E-state index >= 15 is 0 Å². The lowest BCUT2D eigenvalue weighted by molar-refractivity contribution is 0.194. The molecule has 0 spiro atoms. The van der Waals surface area contributed by atoms with Crippen LogP contribution in [0.5, 0.6) is 0 Å². The zero-order valence-corrected chi connectivity index (χ0v) is 16.8. The first-order chi connectivity index (χ1) is 15.1. The highest BCUT2D eigenvalue weighted by Crippen LogP contribution is 2.26. The Labute approximate surface area is 177 Å². The maximum atomic E-state index is 14.0. The molecule has 5 rings (SSSR count). The van der Waals surface area contributed by atoms with E-state index in [1.165, 1.54) is 16.8 Å². The number of aromatic nitrogens is 4. The van der Waals surface area contributed by atoms with E-state index in [1.807, 2.05) is 18.2 Å². The van der Waals surface area contributed by atoms with Crippen LogP contribution in [0.2, 0.25) is 0 Å². The lowest BCUT2D eigenvalue weighted by Gasteiger charge is -2.31. The van der Waals surface area contributed by atoms with Gasteiger partial charge in [-0.3, -0.25) is 14.7 Å². The number of likely N-dealkylation sites (tertiary alicyclic amines) is 1. The first kappa shape index (κ1) is 19.4. The molecule has 1 fully saturated rings. The van der Waals surface area contributed by atoms with Gasteiger partial charge in [-0.25, -0.2) is 9.18 Å². The summed E-state index contributed by atoms with van der Waals surface area (Å²) in [5.74, 6) is 0.453. The van der Waals surface area contributed by atoms with Crippen molar-refractivity contribution in [3.8, 4) is 5.69 Å². The quantitative estimate of drug-likeness (QED) is 0.533. The largest absolute Gasteiger partial charge is 0.348 e. The van der Waals surface area contributed by atoms with Crippen molar-refractivity contribution in [3.63, 3.8) is 0 Å². The molecule has 4 aromatic rings. The first-order valence-corrected chi connectivity index (χ1v) is 10.4. The molecule has 0 amide bonds. The average Bonchev–Trinajstić information content (AvgIpc) is 3.16. The van der Waals surface area contributed by atoms with Gasteiger partial charge >= 0.3 is 5.69 Å². The molecule has 3 heterocycles. The smallest absolute Gasteiger partial charge is 0.320 e. The van der Waals surface area contributed by atoms with Gasteiger partial charge in [0.05, 0.1) is 11.2 Å². The normalized spacial score (nSPS) is 17.3. The van der Waals surface area contributed by atoms with Gasteiger partial charge in [-0.1, -0.05) is 30.3 Å². The van der Waals surface area contributed by atoms with Crippen molar-refractivity contribution in [2.75, 3.05) is 13.1 Å². The highest BCUT2D eigenvalue weighted by molar-refractivity contribution is 5.85. The standard InChI is InChI=1S/C23H22FN5O2/c24-18-8-2-1-5-16(18)13-28-12-4-7-17(14-28)22-26-23(31)29(27-22)19-9-3-6-15-10-11-20(30)25-21(15)19/h1-3,5-6,8-11,17H,4,7,12-14H2,(H,25,30)(H,26,27,31). The zero-order chi connectivity index (χ0) is 21.4. The molecule has 0 bridgehead atoms. The Morgan fingerprint density at radius 2 is 1.90 bits per heavy atom. The van der Waals surface area contributed by atoms with Gasteiger partial charge in [-0.15, -0.1) is 5.10 Å². The number of hydrogen-bond donors (Lipinski definition) is 2. The van der Waals surface area contributed by atoms with Crippen LogP contribution in [0.4, 0.5) is 4.39 Å². The Bertz CT molecular complexity index is 1360. The van der Waals surface area contributed by atoms with E-state index in [4.69, 9.17) is 0 Å². The third-order valence-corrected chi connectivity index (χ3v) is 5.84. The molecule has 2 N–H and O–H groups in total. The average molecular weight is 419 g/mol. The number of nitrogens with one attached hydrogen (secondary N) is 2. The predicted molar refractivity (Wildman–Crippen MR) is 116 cm³/mol. The zero-order valence-electron chi connectivity index (χ0n) is 16.8. The summed E-state index contributed by atoms with van der Waals surface area (Å²) in [4.78, 5) is 32.4. The fourth-order valence-corrected chi connectivity index (χ4v) is 4.32. The van der Waals surface area contributed by atoms with Crippen LogP contribution in [0.25, 0.3) is 16.6 Å². The molecule has 0 aliphatic carbocycles. The highest BCUT2D eigenvalue weighted by atomic mass is 19.1. The van der Waals surface area contributed by atoms with Gasteiger partial charge < -0.3 is 4.98 Å². The van der Waals surface area contributed by atoms with E-state index in [1.54, 1.807) is 24.3 Å². The highest BCUT2D eigenvalue weighted by Gasteiger charge is 2.25. The molecular weight excluding hydrogens is 397 g/mol. The maximum Gasteiger partial charge on any atom is 0.348 e. The summed E-state index contributed by atoms with van der Waals surface area (Å²) in [6.45, 7) is 2.09. The summed E-state index contributed by atoms with van der Waals surface area (Å²) >= 11 is 0. The Morgan fingerprint density at radius 1 is 1.03 bits per heavy atom. The third-order valence-electron chi connectivity index (χ3n) is 5.84. The summed E-state index contributed by atoms with van der Waals surface area (Å²) in [6.07, 6.45) is 1.84. The van der Waals surface area contributed by atoms with Crippen molar-refractivity contribution in [1.29, 1.82) is 0 Å². The van der Waals surface area contributed by atoms with Crippen LogP contribution in [-0.2, 0) is 6.54 Å². The van der Waals surface area contributed by atoms with Crippen LogP contribution in [0.15, 0.2) is 64.2 Å². The van der Waals surface area contributed by atoms with Gasteiger partial charge in [-0.2, -0.15) is 4.68 Å². The van der Waals surface area contributed by atoms with E-state index in [2.05, 4.69) is 20.0 Å². The van der Waals surface area contributed by atoms with E-state index in [9.17, 15) is 14.0 Å². The lowest BCUT2D eigenvalue weighted by atomic mass is 9.97. The number of aromatic amines is 2. The minimum atomic E-state index is -0.349. The molecule has 2 aromatic heterocycles. The van der Waals surface area contributed by atoms with Crippen molar-refractivity contribution in [2.45, 2.75) is 25.3 Å². The number of para-hydroxylation sites is 1. The van der Waals surface area contributed by atoms with Crippen molar-refractivity contribution in [1.82, 2.24) is 24.6 Å². The van der Waals surface area contributed by atoms with Gasteiger partial charge in [-0.05, 0) is 37.6 Å². The number of nitrogens with zero attached hydrogens (tertiary/aromatic N) is 3. The van der Waals surface area contributed by atoms with Crippen molar-refractivity contribution in [2.24, 2.45) is 0 Å². The van der Waals surface area contributed by atoms with E-state index < -0.39 is 0 Å². The van der Waals surface area contributed by atoms with Gasteiger partial charge in [0, 0.05) is 36.0 Å². The predicted octanol–water partition coefficient (Wildman–Crippen LogP) is 2.92. The van der Waals surface area contributed by atoms with Crippen LogP contribution in [0, 0.1) is 5.82 Å². The Morgan fingerprint density at radius 3 is 2.77 bits per heavy atom. The Hall–Kier alpha value is -3.52. The van der Waals surface area contributed by atoms with E-state index in [0.717, 1.165) is 24.8 Å². The molecule has 1 aliphatic rings. The minimum Gasteiger partial charge on any atom is -0.320 e. The van der Waals surface area contributed by atoms with E-state index in [-0.39, 0.29) is 23.0 Å². The second-order valence-corrected chi connectivity index (χ2v) is 7.96. The van der Waals surface area contributed by atoms with Crippen LogP contribution >= 0.6 is 0 Å². The Kier molecular flexibility index (Phi) is 4.99. The van der Waals surface area contributed by atoms with Gasteiger partial charge in [0.2, 0.25) is 5.56 Å². The molecule has 158 valence electrons. The van der Waals surface area contributed by atoms with Crippen molar-refractivity contribution in [3.05, 3.63) is 92.6 Å². The first-order valence-electron chi connectivity index (χ1n) is 10.4. The molecule has 8 heteroatoms. The number of pyridine rings is 1. The van der Waals surface area contributed by atoms with Crippen LogP contribution in [0.1, 0.15) is 30.1 Å². The van der Waals surface area contributed by atoms with Crippen molar-refractivity contribution < 1.29 is 4.39 Å². The van der Waals surface area contributed by atoms with Gasteiger partial charge in [0.1, 0.15) is 11.6 Å². The molecule has 0 saturated carbocycles. The molecule has 1 aliphatic heterocycles. The fraction of sp³-hybridized carbons (Fsp3) is 0.261. The van der Waals surface area contributed by atoms with Crippen molar-refractivity contribution >= 4 is 10.9 Å². The molecule has 1 unspecified atom stereocenters. The summed E-state index contributed by atoms with van der Waals surface area (Å²) in [6, 6.07) is 15.4. The number of H-pyrrole nitrogens is 2. The lowest BCUT2D eigenvalue weighted by Crippen LogP contribution is -2.34. The van der Waals surface area contributed by atoms with Gasteiger partial charge in [0.25, 0.3) is 0 Å². The monoisotopic (exact) mass is 419 g/mol. The molecule has 1 saturated heterocycles. The van der Waals surface area contributed by atoms with E-state index in [0.29, 0.717) is 35.7 Å². The summed E-state index contributed by atoms with van der Waals surface area (Å²) in [5.41, 5.74) is 1.18. The van der Waals surface area contributed by atoms with Crippen LogP contribution in [0.3, 0.4) is 0 Å². The fourth-order valence-electron chi connectivity index (χ4n) is 4.32. The molecule has 31 heavy (non-hydrogen) atoms. The summed E-state index contributed by atoms with van der Waals surface area (Å²) in [5, 5.41) is 5.39. The van der Waals surface area contributed by atoms with Crippen LogP contribution < -0.4 is 11.2 Å². The van der Waals surface area contributed by atoms with Crippen LogP contribution in [-0.4, -0.2) is 37.7 Å². The molecule has 1 atom stereocenters. The summed E-state index contributed by atoms with van der Waals surface area (Å²) < 4.78 is 15.4. The number of fused-ring (bicyclic) bond motifs is 1. The third kappa shape index (κ3) is 3.82. The number of halogens is 1. The number of benzene rings is 2. The Balaban J connectivity index is 1.43. The number of hydrogen-bond acceptors (Lipinski definition) is 4. The second-order valence-electron chi connectivity index (χ2n) is 7.96. The minimum absolute atomic E-state index is 0.0449. The summed E-state index contributed by atoms with van der Waals surface area (Å²) in [7, 11) is 0. The molecule has 0 radical (unpaired) electrons. The topological polar surface area (TPSA) is 86.8 Å². The molecular formula is C23H22FN5O2. The molecule has 2 aromatic carbocycles. The second kappa shape index (κ2) is 7.96. The van der Waals surface area contributed by atoms with Gasteiger partial charge in [0.15, 0.2) is 0 Å². The maximum absolute atomic E-state index is 14.0. The number of piperidine rings is 1.